The summed E-state index contributed by atoms with van der Waals surface area (Å²) < 4.78 is 0. The fraction of sp³-hybridized carbons (Fsp3) is 0.600. The molecule has 1 aromatic carbocycles. The number of halogens is 1. The van der Waals surface area contributed by atoms with Crippen LogP contribution < -0.4 is 10.6 Å². The SMILES string of the molecule is CCNC(=O)C(C)(C)CNC(=NC)N1CCN(Cc2ccc(Cl)cc2)CC1. The van der Waals surface area contributed by atoms with Crippen molar-refractivity contribution in [2.45, 2.75) is 27.3 Å². The average Bonchev–Trinajstić information content (AvgIpc) is 2.65. The fourth-order valence-corrected chi connectivity index (χ4v) is 3.20. The molecule has 7 heteroatoms. The summed E-state index contributed by atoms with van der Waals surface area (Å²) in [5.41, 5.74) is 0.793. The highest BCUT2D eigenvalue weighted by Gasteiger charge is 2.28. The van der Waals surface area contributed by atoms with Crippen LogP contribution in [0.3, 0.4) is 0 Å². The monoisotopic (exact) mass is 393 g/mol. The zero-order valence-electron chi connectivity index (χ0n) is 16.9. The highest BCUT2D eigenvalue weighted by atomic mass is 35.5. The van der Waals surface area contributed by atoms with E-state index in [0.29, 0.717) is 13.1 Å². The molecule has 2 N–H and O–H groups in total. The van der Waals surface area contributed by atoms with Crippen molar-refractivity contribution in [3.8, 4) is 0 Å². The molecule has 0 aliphatic carbocycles. The lowest BCUT2D eigenvalue weighted by molar-refractivity contribution is -0.128. The van der Waals surface area contributed by atoms with Gasteiger partial charge in [-0.25, -0.2) is 0 Å². The number of hydrogen-bond acceptors (Lipinski definition) is 3. The molecular weight excluding hydrogens is 362 g/mol. The van der Waals surface area contributed by atoms with Crippen molar-refractivity contribution >= 4 is 23.5 Å². The fourth-order valence-electron chi connectivity index (χ4n) is 3.08. The maximum Gasteiger partial charge on any atom is 0.227 e. The van der Waals surface area contributed by atoms with E-state index in [9.17, 15) is 4.79 Å². The minimum atomic E-state index is -0.484. The number of hydrogen-bond donors (Lipinski definition) is 2. The summed E-state index contributed by atoms with van der Waals surface area (Å²) in [6.45, 7) is 11.7. The van der Waals surface area contributed by atoms with Crippen LogP contribution >= 0.6 is 11.6 Å². The van der Waals surface area contributed by atoms with Gasteiger partial charge in [0.2, 0.25) is 5.91 Å². The van der Waals surface area contributed by atoms with Crippen LogP contribution in [0.25, 0.3) is 0 Å². The molecule has 2 rings (SSSR count). The van der Waals surface area contributed by atoms with Gasteiger partial charge in [0.1, 0.15) is 0 Å². The molecule has 27 heavy (non-hydrogen) atoms. The van der Waals surface area contributed by atoms with Gasteiger partial charge in [0, 0.05) is 57.9 Å². The molecule has 150 valence electrons. The van der Waals surface area contributed by atoms with Crippen molar-refractivity contribution in [3.05, 3.63) is 34.9 Å². The molecule has 1 heterocycles. The summed E-state index contributed by atoms with van der Waals surface area (Å²) in [7, 11) is 1.79. The van der Waals surface area contributed by atoms with E-state index in [4.69, 9.17) is 11.6 Å². The summed E-state index contributed by atoms with van der Waals surface area (Å²) in [4.78, 5) is 21.3. The Hall–Kier alpha value is -1.79. The van der Waals surface area contributed by atoms with Crippen LogP contribution in [0, 0.1) is 5.41 Å². The van der Waals surface area contributed by atoms with E-state index in [2.05, 4.69) is 37.6 Å². The first-order chi connectivity index (χ1) is 12.9. The summed E-state index contributed by atoms with van der Waals surface area (Å²) in [6, 6.07) is 8.04. The molecular formula is C20H32ClN5O. The van der Waals surface area contributed by atoms with Gasteiger partial charge in [0.25, 0.3) is 0 Å². The molecule has 6 nitrogen and oxygen atoms in total. The number of benzene rings is 1. The van der Waals surface area contributed by atoms with E-state index in [1.54, 1.807) is 7.05 Å². The van der Waals surface area contributed by atoms with Crippen LogP contribution in [0.15, 0.2) is 29.3 Å². The lowest BCUT2D eigenvalue weighted by Gasteiger charge is -2.37. The Morgan fingerprint density at radius 2 is 1.78 bits per heavy atom. The van der Waals surface area contributed by atoms with E-state index in [1.165, 1.54) is 5.56 Å². The average molecular weight is 394 g/mol. The van der Waals surface area contributed by atoms with E-state index in [1.807, 2.05) is 32.9 Å². The van der Waals surface area contributed by atoms with E-state index in [-0.39, 0.29) is 5.91 Å². The van der Waals surface area contributed by atoms with Gasteiger partial charge in [-0.3, -0.25) is 14.7 Å². The molecule has 1 aliphatic heterocycles. The van der Waals surface area contributed by atoms with Gasteiger partial charge >= 0.3 is 0 Å². The van der Waals surface area contributed by atoms with Crippen molar-refractivity contribution in [2.24, 2.45) is 10.4 Å². The van der Waals surface area contributed by atoms with Gasteiger partial charge in [-0.2, -0.15) is 0 Å². The Morgan fingerprint density at radius 1 is 1.15 bits per heavy atom. The van der Waals surface area contributed by atoms with Crippen molar-refractivity contribution < 1.29 is 4.79 Å². The van der Waals surface area contributed by atoms with Crippen LogP contribution in [-0.4, -0.2) is 68.0 Å². The Balaban J connectivity index is 1.82. The second-order valence-corrected chi connectivity index (χ2v) is 7.97. The minimum absolute atomic E-state index is 0.0562. The molecule has 0 spiro atoms. The molecule has 0 unspecified atom stereocenters. The predicted molar refractivity (Wildman–Crippen MR) is 112 cm³/mol. The maximum atomic E-state index is 12.2. The molecule has 1 amide bonds. The maximum absolute atomic E-state index is 12.2. The summed E-state index contributed by atoms with van der Waals surface area (Å²) in [5, 5.41) is 7.04. The van der Waals surface area contributed by atoms with Crippen LogP contribution in [0.4, 0.5) is 0 Å². The lowest BCUT2D eigenvalue weighted by Crippen LogP contribution is -2.54. The first kappa shape index (κ1) is 21.5. The van der Waals surface area contributed by atoms with Gasteiger partial charge in [-0.05, 0) is 38.5 Å². The summed E-state index contributed by atoms with van der Waals surface area (Å²) in [5.74, 6) is 0.916. The minimum Gasteiger partial charge on any atom is -0.356 e. The second kappa shape index (κ2) is 9.95. The highest BCUT2D eigenvalue weighted by Crippen LogP contribution is 2.15. The Labute approximate surface area is 168 Å². The zero-order chi connectivity index (χ0) is 19.9. The normalized spacial score (nSPS) is 16.3. The number of guanidine groups is 1. The molecule has 0 radical (unpaired) electrons. The third kappa shape index (κ3) is 6.40. The summed E-state index contributed by atoms with van der Waals surface area (Å²) in [6.07, 6.45) is 0. The topological polar surface area (TPSA) is 60.0 Å². The van der Waals surface area contributed by atoms with Crippen LogP contribution in [0.5, 0.6) is 0 Å². The third-order valence-electron chi connectivity index (χ3n) is 4.84. The van der Waals surface area contributed by atoms with Crippen LogP contribution in [0.2, 0.25) is 5.02 Å². The highest BCUT2D eigenvalue weighted by molar-refractivity contribution is 6.30. The van der Waals surface area contributed by atoms with Crippen molar-refractivity contribution in [3.63, 3.8) is 0 Å². The number of aliphatic imine (C=N–C) groups is 1. The van der Waals surface area contributed by atoms with Crippen LogP contribution in [-0.2, 0) is 11.3 Å². The van der Waals surface area contributed by atoms with Gasteiger partial charge in [0.05, 0.1) is 5.41 Å². The number of amides is 1. The Bertz CT molecular complexity index is 636. The van der Waals surface area contributed by atoms with Crippen molar-refractivity contribution in [1.82, 2.24) is 20.4 Å². The van der Waals surface area contributed by atoms with Crippen molar-refractivity contribution in [2.75, 3.05) is 46.3 Å². The molecule has 0 saturated carbocycles. The number of nitrogens with zero attached hydrogens (tertiary/aromatic N) is 3. The van der Waals surface area contributed by atoms with E-state index in [0.717, 1.165) is 43.7 Å². The van der Waals surface area contributed by atoms with Gasteiger partial charge < -0.3 is 15.5 Å². The summed E-state index contributed by atoms with van der Waals surface area (Å²) >= 11 is 5.96. The number of carbonyl (C=O) groups excluding carboxylic acids is 1. The smallest absolute Gasteiger partial charge is 0.227 e. The molecule has 1 fully saturated rings. The quantitative estimate of drug-likeness (QED) is 0.574. The molecule has 1 aliphatic rings. The Morgan fingerprint density at radius 3 is 2.33 bits per heavy atom. The third-order valence-corrected chi connectivity index (χ3v) is 5.10. The molecule has 0 atom stereocenters. The first-order valence-electron chi connectivity index (χ1n) is 9.56. The molecule has 0 aromatic heterocycles. The standard InChI is InChI=1S/C20H32ClN5O/c1-5-23-18(27)20(2,3)15-24-19(22-4)26-12-10-25(11-13-26)14-16-6-8-17(21)9-7-16/h6-9H,5,10-15H2,1-4H3,(H,22,24)(H,23,27). The van der Waals surface area contributed by atoms with Crippen molar-refractivity contribution in [1.29, 1.82) is 0 Å². The van der Waals surface area contributed by atoms with Gasteiger partial charge in [-0.1, -0.05) is 23.7 Å². The first-order valence-corrected chi connectivity index (χ1v) is 9.94. The Kier molecular flexibility index (Phi) is 7.92. The lowest BCUT2D eigenvalue weighted by atomic mass is 9.92. The largest absolute Gasteiger partial charge is 0.356 e. The number of piperazine rings is 1. The van der Waals surface area contributed by atoms with Gasteiger partial charge in [0.15, 0.2) is 5.96 Å². The van der Waals surface area contributed by atoms with E-state index < -0.39 is 5.41 Å². The molecule has 0 bridgehead atoms. The second-order valence-electron chi connectivity index (χ2n) is 7.53. The number of nitrogens with one attached hydrogen (secondary N) is 2. The van der Waals surface area contributed by atoms with Crippen LogP contribution in [0.1, 0.15) is 26.3 Å². The van der Waals surface area contributed by atoms with E-state index >= 15 is 0 Å². The zero-order valence-corrected chi connectivity index (χ0v) is 17.6. The molecule has 1 saturated heterocycles. The van der Waals surface area contributed by atoms with Gasteiger partial charge in [-0.15, -0.1) is 0 Å². The predicted octanol–water partition coefficient (Wildman–Crippen LogP) is 2.20. The number of rotatable bonds is 6. The molecule has 1 aromatic rings. The number of carbonyl (C=O) groups is 1.